The Morgan fingerprint density at radius 2 is 2.21 bits per heavy atom. The van der Waals surface area contributed by atoms with Crippen LogP contribution in [0.5, 0.6) is 5.75 Å². The van der Waals surface area contributed by atoms with E-state index in [0.717, 1.165) is 24.5 Å². The van der Waals surface area contributed by atoms with Gasteiger partial charge >= 0.3 is 0 Å². The molecular formula is C16H27Cl2N3O3. The fraction of sp³-hybridized carbons (Fsp3) is 0.562. The van der Waals surface area contributed by atoms with E-state index in [1.165, 1.54) is 0 Å². The normalized spacial score (nSPS) is 16.7. The highest BCUT2D eigenvalue weighted by Crippen LogP contribution is 2.17. The second kappa shape index (κ2) is 12.3. The van der Waals surface area contributed by atoms with E-state index in [2.05, 4.69) is 15.5 Å². The third-order valence-corrected chi connectivity index (χ3v) is 3.36. The molecule has 2 rings (SSSR count). The SMILES string of the molecule is CN(C)CCOc1cccc(NC(=O)CC2COCCN2)c1.Cl.Cl. The van der Waals surface area contributed by atoms with Crippen LogP contribution in [0.25, 0.3) is 0 Å². The van der Waals surface area contributed by atoms with Crippen LogP contribution in [-0.2, 0) is 9.53 Å². The summed E-state index contributed by atoms with van der Waals surface area (Å²) < 4.78 is 11.0. The summed E-state index contributed by atoms with van der Waals surface area (Å²) in [5.74, 6) is 0.743. The minimum absolute atomic E-state index is 0. The number of hydrogen-bond acceptors (Lipinski definition) is 5. The fourth-order valence-corrected chi connectivity index (χ4v) is 2.20. The van der Waals surface area contributed by atoms with Gasteiger partial charge in [-0.1, -0.05) is 6.07 Å². The number of ether oxygens (including phenoxy) is 2. The molecule has 0 aliphatic carbocycles. The van der Waals surface area contributed by atoms with Crippen molar-refractivity contribution < 1.29 is 14.3 Å². The topological polar surface area (TPSA) is 62.8 Å². The van der Waals surface area contributed by atoms with Crippen LogP contribution in [0.1, 0.15) is 6.42 Å². The number of rotatable bonds is 7. The molecule has 138 valence electrons. The van der Waals surface area contributed by atoms with Crippen LogP contribution in [0, 0.1) is 0 Å². The summed E-state index contributed by atoms with van der Waals surface area (Å²) in [6.45, 7) is 3.57. The molecule has 1 fully saturated rings. The molecule has 1 aliphatic heterocycles. The first-order valence-corrected chi connectivity index (χ1v) is 7.62. The first kappa shape index (κ1) is 22.9. The van der Waals surface area contributed by atoms with E-state index < -0.39 is 0 Å². The van der Waals surface area contributed by atoms with Gasteiger partial charge in [-0.15, -0.1) is 24.8 Å². The Morgan fingerprint density at radius 3 is 2.88 bits per heavy atom. The van der Waals surface area contributed by atoms with Crippen LogP contribution >= 0.6 is 24.8 Å². The summed E-state index contributed by atoms with van der Waals surface area (Å²) in [5, 5.41) is 6.17. The van der Waals surface area contributed by atoms with Crippen LogP contribution in [0.15, 0.2) is 24.3 Å². The molecule has 0 saturated carbocycles. The fourth-order valence-electron chi connectivity index (χ4n) is 2.20. The van der Waals surface area contributed by atoms with E-state index in [4.69, 9.17) is 9.47 Å². The van der Waals surface area contributed by atoms with Gasteiger partial charge in [0.05, 0.1) is 13.2 Å². The van der Waals surface area contributed by atoms with Crippen molar-refractivity contribution in [2.75, 3.05) is 52.3 Å². The number of anilines is 1. The van der Waals surface area contributed by atoms with Gasteiger partial charge < -0.3 is 25.0 Å². The Balaban J connectivity index is 0.00000264. The van der Waals surface area contributed by atoms with Crippen molar-refractivity contribution in [3.8, 4) is 5.75 Å². The minimum Gasteiger partial charge on any atom is -0.492 e. The molecule has 1 amide bonds. The quantitative estimate of drug-likeness (QED) is 0.755. The number of morpholine rings is 1. The predicted molar refractivity (Wildman–Crippen MR) is 101 cm³/mol. The lowest BCUT2D eigenvalue weighted by molar-refractivity contribution is -0.117. The van der Waals surface area contributed by atoms with Crippen molar-refractivity contribution in [3.63, 3.8) is 0 Å². The summed E-state index contributed by atoms with van der Waals surface area (Å²) in [6, 6.07) is 7.57. The van der Waals surface area contributed by atoms with Crippen LogP contribution in [-0.4, -0.2) is 63.9 Å². The van der Waals surface area contributed by atoms with Gasteiger partial charge in [0.25, 0.3) is 0 Å². The number of carbonyl (C=O) groups excluding carboxylic acids is 1. The van der Waals surface area contributed by atoms with Gasteiger partial charge in [0, 0.05) is 37.3 Å². The maximum absolute atomic E-state index is 12.0. The van der Waals surface area contributed by atoms with Crippen LogP contribution in [0.3, 0.4) is 0 Å². The molecule has 2 N–H and O–H groups in total. The van der Waals surface area contributed by atoms with Crippen LogP contribution in [0.4, 0.5) is 5.69 Å². The summed E-state index contributed by atoms with van der Waals surface area (Å²) in [6.07, 6.45) is 0.408. The highest BCUT2D eigenvalue weighted by atomic mass is 35.5. The Bertz CT molecular complexity index is 483. The summed E-state index contributed by atoms with van der Waals surface area (Å²) in [4.78, 5) is 14.1. The second-order valence-electron chi connectivity index (χ2n) is 5.66. The molecule has 0 spiro atoms. The van der Waals surface area contributed by atoms with Gasteiger partial charge in [-0.25, -0.2) is 0 Å². The number of hydrogen-bond donors (Lipinski definition) is 2. The number of likely N-dealkylation sites (N-methyl/N-ethyl adjacent to an activating group) is 1. The van der Waals surface area contributed by atoms with Crippen molar-refractivity contribution in [2.24, 2.45) is 0 Å². The maximum Gasteiger partial charge on any atom is 0.226 e. The molecule has 1 atom stereocenters. The predicted octanol–water partition coefficient (Wildman–Crippen LogP) is 1.79. The summed E-state index contributed by atoms with van der Waals surface area (Å²) in [5.41, 5.74) is 0.754. The average molecular weight is 380 g/mol. The van der Waals surface area contributed by atoms with E-state index in [1.54, 1.807) is 0 Å². The number of halogens is 2. The molecule has 8 heteroatoms. The largest absolute Gasteiger partial charge is 0.492 e. The van der Waals surface area contributed by atoms with Gasteiger partial charge in [-0.3, -0.25) is 4.79 Å². The standard InChI is InChI=1S/C16H25N3O3.2ClH/c1-19(2)7-9-22-15-5-3-4-13(10-15)18-16(20)11-14-12-21-8-6-17-14;;/h3-5,10,14,17H,6-9,11-12H2,1-2H3,(H,18,20);2*1H. The Labute approximate surface area is 156 Å². The molecular weight excluding hydrogens is 353 g/mol. The molecule has 1 saturated heterocycles. The zero-order valence-electron chi connectivity index (χ0n) is 14.1. The van der Waals surface area contributed by atoms with E-state index in [0.29, 0.717) is 26.2 Å². The highest BCUT2D eigenvalue weighted by molar-refractivity contribution is 5.91. The molecule has 1 aromatic rings. The smallest absolute Gasteiger partial charge is 0.226 e. The molecule has 6 nitrogen and oxygen atoms in total. The monoisotopic (exact) mass is 379 g/mol. The molecule has 1 aliphatic rings. The van der Waals surface area contributed by atoms with Gasteiger partial charge in [0.2, 0.25) is 5.91 Å². The highest BCUT2D eigenvalue weighted by Gasteiger charge is 2.16. The molecule has 1 aromatic carbocycles. The zero-order chi connectivity index (χ0) is 15.8. The average Bonchev–Trinajstić information content (AvgIpc) is 2.48. The van der Waals surface area contributed by atoms with E-state index in [1.807, 2.05) is 38.4 Å². The first-order chi connectivity index (χ1) is 10.6. The molecule has 0 radical (unpaired) electrons. The lowest BCUT2D eigenvalue weighted by atomic mass is 10.2. The minimum atomic E-state index is -0.0200. The Kier molecular flexibility index (Phi) is 11.8. The lowest BCUT2D eigenvalue weighted by Crippen LogP contribution is -2.43. The van der Waals surface area contributed by atoms with Crippen LogP contribution in [0.2, 0.25) is 0 Å². The number of carbonyl (C=O) groups is 1. The maximum atomic E-state index is 12.0. The number of nitrogens with zero attached hydrogens (tertiary/aromatic N) is 1. The third-order valence-electron chi connectivity index (χ3n) is 3.36. The summed E-state index contributed by atoms with van der Waals surface area (Å²) >= 11 is 0. The molecule has 0 aromatic heterocycles. The van der Waals surface area contributed by atoms with Crippen molar-refractivity contribution >= 4 is 36.4 Å². The van der Waals surface area contributed by atoms with E-state index >= 15 is 0 Å². The van der Waals surface area contributed by atoms with E-state index in [9.17, 15) is 4.79 Å². The van der Waals surface area contributed by atoms with Crippen molar-refractivity contribution in [3.05, 3.63) is 24.3 Å². The zero-order valence-corrected chi connectivity index (χ0v) is 15.8. The molecule has 0 bridgehead atoms. The summed E-state index contributed by atoms with van der Waals surface area (Å²) in [7, 11) is 4.01. The number of benzene rings is 1. The van der Waals surface area contributed by atoms with Crippen molar-refractivity contribution in [1.82, 2.24) is 10.2 Å². The first-order valence-electron chi connectivity index (χ1n) is 7.62. The van der Waals surface area contributed by atoms with Crippen LogP contribution < -0.4 is 15.4 Å². The van der Waals surface area contributed by atoms with Gasteiger partial charge in [0.15, 0.2) is 0 Å². The number of amides is 1. The Morgan fingerprint density at radius 1 is 1.42 bits per heavy atom. The Hall–Kier alpha value is -1.05. The lowest BCUT2D eigenvalue weighted by Gasteiger charge is -2.23. The number of nitrogens with one attached hydrogen (secondary N) is 2. The van der Waals surface area contributed by atoms with Gasteiger partial charge in [-0.2, -0.15) is 0 Å². The van der Waals surface area contributed by atoms with Crippen molar-refractivity contribution in [1.29, 1.82) is 0 Å². The van der Waals surface area contributed by atoms with Gasteiger partial charge in [0.1, 0.15) is 12.4 Å². The van der Waals surface area contributed by atoms with Gasteiger partial charge in [-0.05, 0) is 26.2 Å². The van der Waals surface area contributed by atoms with E-state index in [-0.39, 0.29) is 36.8 Å². The second-order valence-corrected chi connectivity index (χ2v) is 5.66. The molecule has 1 heterocycles. The molecule has 24 heavy (non-hydrogen) atoms. The third kappa shape index (κ3) is 8.70. The van der Waals surface area contributed by atoms with Crippen molar-refractivity contribution in [2.45, 2.75) is 12.5 Å². The molecule has 1 unspecified atom stereocenters.